The first-order valence-corrected chi connectivity index (χ1v) is 10.9. The Morgan fingerprint density at radius 3 is 2.69 bits per heavy atom. The Morgan fingerprint density at radius 1 is 1.06 bits per heavy atom. The molecule has 1 fully saturated rings. The van der Waals surface area contributed by atoms with Gasteiger partial charge in [-0.15, -0.1) is 0 Å². The van der Waals surface area contributed by atoms with Crippen molar-refractivity contribution in [2.75, 3.05) is 49.7 Å². The third-order valence-corrected chi connectivity index (χ3v) is 5.87. The normalized spacial score (nSPS) is 14.1. The number of hydrogen-bond acceptors (Lipinski definition) is 5. The molecule has 1 saturated heterocycles. The first kappa shape index (κ1) is 20.5. The zero-order chi connectivity index (χ0) is 21.9. The number of benzene rings is 2. The van der Waals surface area contributed by atoms with Crippen LogP contribution in [-0.2, 0) is 11.2 Å². The molecule has 0 radical (unpaired) electrons. The number of nitrogens with one attached hydrogen (secondary N) is 1. The quantitative estimate of drug-likeness (QED) is 0.494. The molecule has 5 rings (SSSR count). The molecule has 0 aliphatic carbocycles. The van der Waals surface area contributed by atoms with E-state index in [-0.39, 0.29) is 5.82 Å². The molecule has 6 nitrogen and oxygen atoms in total. The van der Waals surface area contributed by atoms with Gasteiger partial charge in [-0.05, 0) is 30.2 Å². The van der Waals surface area contributed by atoms with Crippen LogP contribution in [0.3, 0.4) is 0 Å². The Bertz CT molecular complexity index is 1200. The first-order chi connectivity index (χ1) is 15.7. The number of rotatable bonds is 6. The van der Waals surface area contributed by atoms with E-state index in [0.29, 0.717) is 24.9 Å². The summed E-state index contributed by atoms with van der Waals surface area (Å²) in [6.07, 6.45) is 2.71. The maximum atomic E-state index is 14.4. The highest BCUT2D eigenvalue weighted by atomic mass is 19.1. The maximum Gasteiger partial charge on any atom is 0.227 e. The predicted octanol–water partition coefficient (Wildman–Crippen LogP) is 4.28. The van der Waals surface area contributed by atoms with Gasteiger partial charge in [0, 0.05) is 55.4 Å². The summed E-state index contributed by atoms with van der Waals surface area (Å²) < 4.78 is 19.9. The third-order valence-electron chi connectivity index (χ3n) is 5.87. The summed E-state index contributed by atoms with van der Waals surface area (Å²) in [6, 6.07) is 17.4. The average Bonchev–Trinajstić information content (AvgIpc) is 3.31. The number of halogens is 1. The second kappa shape index (κ2) is 8.96. The zero-order valence-corrected chi connectivity index (χ0v) is 18.1. The Labute approximate surface area is 186 Å². The van der Waals surface area contributed by atoms with Crippen LogP contribution in [0.15, 0.2) is 60.8 Å². The summed E-state index contributed by atoms with van der Waals surface area (Å²) in [7, 11) is 2.00. The van der Waals surface area contributed by atoms with Crippen molar-refractivity contribution >= 4 is 22.7 Å². The Hall–Kier alpha value is -3.45. The fraction of sp³-hybridized carbons (Fsp3) is 0.280. The number of anilines is 2. The molecule has 1 aliphatic heterocycles. The fourth-order valence-electron chi connectivity index (χ4n) is 4.07. The second-order valence-corrected chi connectivity index (χ2v) is 8.06. The lowest BCUT2D eigenvalue weighted by Gasteiger charge is -2.29. The Balaban J connectivity index is 1.53. The monoisotopic (exact) mass is 431 g/mol. The molecule has 4 aromatic rings. The van der Waals surface area contributed by atoms with Crippen LogP contribution >= 0.6 is 0 Å². The van der Waals surface area contributed by atoms with Crippen molar-refractivity contribution < 1.29 is 9.13 Å². The lowest BCUT2D eigenvalue weighted by Crippen LogP contribution is -2.37. The van der Waals surface area contributed by atoms with Crippen molar-refractivity contribution in [2.24, 2.45) is 0 Å². The average molecular weight is 432 g/mol. The molecule has 0 spiro atoms. The van der Waals surface area contributed by atoms with Gasteiger partial charge < -0.3 is 19.5 Å². The number of morpholine rings is 1. The molecule has 0 atom stereocenters. The first-order valence-electron chi connectivity index (χ1n) is 10.9. The van der Waals surface area contributed by atoms with E-state index >= 15 is 0 Å². The van der Waals surface area contributed by atoms with E-state index in [0.717, 1.165) is 48.3 Å². The van der Waals surface area contributed by atoms with E-state index in [1.807, 2.05) is 31.4 Å². The van der Waals surface area contributed by atoms with Crippen LogP contribution in [0.4, 0.5) is 16.2 Å². The Morgan fingerprint density at radius 2 is 1.88 bits per heavy atom. The van der Waals surface area contributed by atoms with Gasteiger partial charge >= 0.3 is 0 Å². The molecule has 1 N–H and O–H groups in total. The van der Waals surface area contributed by atoms with Gasteiger partial charge in [-0.25, -0.2) is 9.37 Å². The van der Waals surface area contributed by atoms with E-state index in [1.54, 1.807) is 6.07 Å². The molecule has 0 unspecified atom stereocenters. The molecule has 0 amide bonds. The lowest BCUT2D eigenvalue weighted by atomic mass is 10.1. The Kier molecular flexibility index (Phi) is 5.73. The maximum absolute atomic E-state index is 14.4. The van der Waals surface area contributed by atoms with Crippen molar-refractivity contribution in [2.45, 2.75) is 6.42 Å². The summed E-state index contributed by atoms with van der Waals surface area (Å²) in [5.74, 6) is 1.18. The molecule has 164 valence electrons. The number of nitrogens with zero attached hydrogens (tertiary/aromatic N) is 4. The van der Waals surface area contributed by atoms with Crippen LogP contribution in [-0.4, -0.2) is 54.8 Å². The van der Waals surface area contributed by atoms with Crippen LogP contribution in [0.2, 0.25) is 0 Å². The van der Waals surface area contributed by atoms with E-state index in [2.05, 4.69) is 39.0 Å². The van der Waals surface area contributed by atoms with Crippen LogP contribution in [0.25, 0.3) is 22.2 Å². The van der Waals surface area contributed by atoms with Crippen LogP contribution in [0.1, 0.15) is 5.56 Å². The minimum absolute atomic E-state index is 0.291. The van der Waals surface area contributed by atoms with Crippen LogP contribution in [0.5, 0.6) is 0 Å². The zero-order valence-electron chi connectivity index (χ0n) is 18.1. The van der Waals surface area contributed by atoms with Crippen molar-refractivity contribution in [1.29, 1.82) is 0 Å². The SMILES string of the molecule is CN(CCc1ccccc1)c1nc(-c2cc(F)cc3[nH]ccc23)cc(N2CCOCC2)n1. The van der Waals surface area contributed by atoms with Gasteiger partial charge in [0.2, 0.25) is 5.95 Å². The van der Waals surface area contributed by atoms with Crippen molar-refractivity contribution in [3.63, 3.8) is 0 Å². The molecule has 2 aromatic heterocycles. The molecule has 2 aromatic carbocycles. The van der Waals surface area contributed by atoms with Gasteiger partial charge in [-0.2, -0.15) is 4.98 Å². The van der Waals surface area contributed by atoms with Gasteiger partial charge in [0.15, 0.2) is 0 Å². The van der Waals surface area contributed by atoms with Gasteiger partial charge in [0.25, 0.3) is 0 Å². The molecule has 1 aliphatic rings. The molecule has 32 heavy (non-hydrogen) atoms. The van der Waals surface area contributed by atoms with Crippen molar-refractivity contribution in [3.8, 4) is 11.3 Å². The molecule has 0 saturated carbocycles. The van der Waals surface area contributed by atoms with Crippen molar-refractivity contribution in [1.82, 2.24) is 15.0 Å². The minimum Gasteiger partial charge on any atom is -0.378 e. The van der Waals surface area contributed by atoms with Crippen LogP contribution < -0.4 is 9.80 Å². The molecule has 0 bridgehead atoms. The largest absolute Gasteiger partial charge is 0.378 e. The third kappa shape index (κ3) is 4.29. The molecule has 7 heteroatoms. The number of hydrogen-bond donors (Lipinski definition) is 1. The lowest BCUT2D eigenvalue weighted by molar-refractivity contribution is 0.122. The number of aromatic amines is 1. The number of aromatic nitrogens is 3. The highest BCUT2D eigenvalue weighted by Gasteiger charge is 2.19. The predicted molar refractivity (Wildman–Crippen MR) is 126 cm³/mol. The standard InChI is InChI=1S/C25H26FN5O/c1-30(10-8-18-5-3-2-4-6-18)25-28-23(17-24(29-25)31-11-13-32-14-12-31)21-15-19(26)16-22-20(21)7-9-27-22/h2-7,9,15-17,27H,8,10-14H2,1H3. The van der Waals surface area contributed by atoms with E-state index in [4.69, 9.17) is 14.7 Å². The topological polar surface area (TPSA) is 57.3 Å². The number of fused-ring (bicyclic) bond motifs is 1. The second-order valence-electron chi connectivity index (χ2n) is 8.06. The minimum atomic E-state index is -0.291. The number of ether oxygens (including phenoxy) is 1. The summed E-state index contributed by atoms with van der Waals surface area (Å²) in [5, 5.41) is 0.941. The number of H-pyrrole nitrogens is 1. The van der Waals surface area contributed by atoms with E-state index in [1.165, 1.54) is 11.6 Å². The summed E-state index contributed by atoms with van der Waals surface area (Å²) in [4.78, 5) is 17.1. The molecule has 3 heterocycles. The van der Waals surface area contributed by atoms with E-state index < -0.39 is 0 Å². The summed E-state index contributed by atoms with van der Waals surface area (Å²) >= 11 is 0. The fourth-order valence-corrected chi connectivity index (χ4v) is 4.07. The van der Waals surface area contributed by atoms with Gasteiger partial charge in [-0.3, -0.25) is 0 Å². The van der Waals surface area contributed by atoms with Gasteiger partial charge in [0.1, 0.15) is 11.6 Å². The smallest absolute Gasteiger partial charge is 0.227 e. The van der Waals surface area contributed by atoms with Crippen LogP contribution in [0, 0.1) is 5.82 Å². The highest BCUT2D eigenvalue weighted by Crippen LogP contribution is 2.31. The summed E-state index contributed by atoms with van der Waals surface area (Å²) in [6.45, 7) is 3.65. The van der Waals surface area contributed by atoms with E-state index in [9.17, 15) is 4.39 Å². The van der Waals surface area contributed by atoms with Gasteiger partial charge in [-0.1, -0.05) is 30.3 Å². The number of likely N-dealkylation sites (N-methyl/N-ethyl adjacent to an activating group) is 1. The van der Waals surface area contributed by atoms with Crippen molar-refractivity contribution in [3.05, 3.63) is 72.2 Å². The highest BCUT2D eigenvalue weighted by molar-refractivity contribution is 5.94. The molecular formula is C25H26FN5O. The summed E-state index contributed by atoms with van der Waals surface area (Å²) in [5.41, 5.74) is 3.50. The molecular weight excluding hydrogens is 405 g/mol. The van der Waals surface area contributed by atoms with Gasteiger partial charge in [0.05, 0.1) is 18.9 Å².